The van der Waals surface area contributed by atoms with Gasteiger partial charge in [-0.05, 0) is 50.3 Å². The summed E-state index contributed by atoms with van der Waals surface area (Å²) in [6.45, 7) is 3.61. The minimum Gasteiger partial charge on any atom is -0.466 e. The standard InChI is InChI=1S/C24H32F3N5O4/c1-3-36-23(35)14-4-7-17(8-5-14)32-12-16(13-32)29-20(33)11-28-22-18-10-15(21(34)24(25,26)27)6-9-19(18)31(2)30-22/h6,9-10,14,16-17,21,34H,3-5,7-8,11-13H2,1-2H3,(H,28,30)(H,29,33). The molecule has 1 amide bonds. The molecule has 2 aromatic rings. The Hall–Kier alpha value is -2.86. The number of esters is 1. The minimum absolute atomic E-state index is 0.0143. The van der Waals surface area contributed by atoms with Gasteiger partial charge in [-0.3, -0.25) is 19.2 Å². The first-order valence-electron chi connectivity index (χ1n) is 12.2. The quantitative estimate of drug-likeness (QED) is 0.468. The zero-order valence-corrected chi connectivity index (χ0v) is 20.3. The number of aliphatic hydroxyl groups excluding tert-OH is 1. The van der Waals surface area contributed by atoms with Gasteiger partial charge >= 0.3 is 12.1 Å². The number of alkyl halides is 3. The van der Waals surface area contributed by atoms with Crippen molar-refractivity contribution in [3.63, 3.8) is 0 Å². The molecule has 36 heavy (non-hydrogen) atoms. The molecule has 4 rings (SSSR count). The molecule has 1 aliphatic carbocycles. The lowest BCUT2D eigenvalue weighted by atomic mass is 9.84. The largest absolute Gasteiger partial charge is 0.466 e. The fourth-order valence-corrected chi connectivity index (χ4v) is 5.05. The number of likely N-dealkylation sites (tertiary alicyclic amines) is 1. The lowest BCUT2D eigenvalue weighted by molar-refractivity contribution is -0.206. The monoisotopic (exact) mass is 511 g/mol. The number of aromatic nitrogens is 2. The van der Waals surface area contributed by atoms with E-state index in [9.17, 15) is 27.9 Å². The van der Waals surface area contributed by atoms with Crippen LogP contribution in [0.4, 0.5) is 19.0 Å². The van der Waals surface area contributed by atoms with Crippen molar-refractivity contribution < 1.29 is 32.6 Å². The second-order valence-corrected chi connectivity index (χ2v) is 9.52. The smallest absolute Gasteiger partial charge is 0.418 e. The number of hydrogen-bond acceptors (Lipinski definition) is 7. The van der Waals surface area contributed by atoms with Gasteiger partial charge in [0.15, 0.2) is 11.9 Å². The number of nitrogens with zero attached hydrogens (tertiary/aromatic N) is 3. The Morgan fingerprint density at radius 2 is 1.92 bits per heavy atom. The molecule has 1 atom stereocenters. The molecule has 1 aliphatic heterocycles. The first-order valence-corrected chi connectivity index (χ1v) is 12.2. The highest BCUT2D eigenvalue weighted by Crippen LogP contribution is 2.35. The maximum atomic E-state index is 12.9. The summed E-state index contributed by atoms with van der Waals surface area (Å²) in [5.74, 6) is -0.0893. The number of carbonyl (C=O) groups excluding carboxylic acids is 2. The van der Waals surface area contributed by atoms with E-state index < -0.39 is 12.3 Å². The van der Waals surface area contributed by atoms with E-state index >= 15 is 0 Å². The van der Waals surface area contributed by atoms with Crippen LogP contribution in [-0.2, 0) is 21.4 Å². The van der Waals surface area contributed by atoms with Crippen molar-refractivity contribution in [2.24, 2.45) is 13.0 Å². The highest BCUT2D eigenvalue weighted by molar-refractivity contribution is 5.92. The van der Waals surface area contributed by atoms with Crippen molar-refractivity contribution in [2.75, 3.05) is 31.6 Å². The van der Waals surface area contributed by atoms with Crippen molar-refractivity contribution in [2.45, 2.75) is 57.0 Å². The van der Waals surface area contributed by atoms with E-state index in [1.165, 1.54) is 22.9 Å². The van der Waals surface area contributed by atoms with Gasteiger partial charge in [-0.1, -0.05) is 6.07 Å². The normalized spacial score (nSPS) is 22.2. The molecule has 0 bridgehead atoms. The maximum Gasteiger partial charge on any atom is 0.418 e. The highest BCUT2D eigenvalue weighted by Gasteiger charge is 2.40. The molecule has 0 spiro atoms. The third kappa shape index (κ3) is 5.75. The summed E-state index contributed by atoms with van der Waals surface area (Å²) in [6, 6.07) is 4.34. The minimum atomic E-state index is -4.78. The first-order chi connectivity index (χ1) is 17.1. The third-order valence-corrected chi connectivity index (χ3v) is 7.02. The number of amides is 1. The Balaban J connectivity index is 1.25. The Kier molecular flexibility index (Phi) is 7.74. The summed E-state index contributed by atoms with van der Waals surface area (Å²) >= 11 is 0. The van der Waals surface area contributed by atoms with E-state index in [1.807, 2.05) is 6.92 Å². The average Bonchev–Trinajstić information content (AvgIpc) is 3.13. The van der Waals surface area contributed by atoms with Crippen LogP contribution in [0.15, 0.2) is 18.2 Å². The molecule has 1 unspecified atom stereocenters. The Morgan fingerprint density at radius 1 is 1.22 bits per heavy atom. The van der Waals surface area contributed by atoms with Crippen LogP contribution >= 0.6 is 0 Å². The second kappa shape index (κ2) is 10.6. The van der Waals surface area contributed by atoms with E-state index in [-0.39, 0.29) is 41.8 Å². The number of anilines is 1. The molecule has 0 radical (unpaired) electrons. The van der Waals surface area contributed by atoms with Crippen molar-refractivity contribution in [3.05, 3.63) is 23.8 Å². The molecule has 1 saturated carbocycles. The summed E-state index contributed by atoms with van der Waals surface area (Å²) < 4.78 is 45.4. The summed E-state index contributed by atoms with van der Waals surface area (Å²) in [4.78, 5) is 26.7. The lowest BCUT2D eigenvalue weighted by Crippen LogP contribution is -2.63. The number of aryl methyl sites for hydroxylation is 1. The van der Waals surface area contributed by atoms with Gasteiger partial charge in [-0.25, -0.2) is 0 Å². The predicted molar refractivity (Wildman–Crippen MR) is 126 cm³/mol. The molecule has 1 aromatic carbocycles. The molecule has 1 aromatic heterocycles. The number of halogens is 3. The fourth-order valence-electron chi connectivity index (χ4n) is 5.05. The Bertz CT molecular complexity index is 1090. The molecular weight excluding hydrogens is 479 g/mol. The highest BCUT2D eigenvalue weighted by atomic mass is 19.4. The molecule has 2 aliphatic rings. The molecule has 3 N–H and O–H groups in total. The van der Waals surface area contributed by atoms with Crippen LogP contribution in [0.3, 0.4) is 0 Å². The number of nitrogens with one attached hydrogen (secondary N) is 2. The van der Waals surface area contributed by atoms with Crippen LogP contribution in [0.1, 0.15) is 44.3 Å². The van der Waals surface area contributed by atoms with Crippen LogP contribution < -0.4 is 10.6 Å². The molecule has 1 saturated heterocycles. The maximum absolute atomic E-state index is 12.9. The summed E-state index contributed by atoms with van der Waals surface area (Å²) in [6.07, 6.45) is -3.87. The molecule has 198 valence electrons. The van der Waals surface area contributed by atoms with Gasteiger partial charge in [0.05, 0.1) is 30.6 Å². The van der Waals surface area contributed by atoms with E-state index in [0.717, 1.165) is 38.8 Å². The van der Waals surface area contributed by atoms with E-state index in [4.69, 9.17) is 4.74 Å². The number of benzene rings is 1. The molecular formula is C24H32F3N5O4. The van der Waals surface area contributed by atoms with Gasteiger partial charge < -0.3 is 20.5 Å². The van der Waals surface area contributed by atoms with Gasteiger partial charge in [0.25, 0.3) is 0 Å². The fraction of sp³-hybridized carbons (Fsp3) is 0.625. The van der Waals surface area contributed by atoms with Gasteiger partial charge in [-0.15, -0.1) is 0 Å². The number of aliphatic hydroxyl groups is 1. The lowest BCUT2D eigenvalue weighted by Gasteiger charge is -2.46. The third-order valence-electron chi connectivity index (χ3n) is 7.02. The van der Waals surface area contributed by atoms with Crippen molar-refractivity contribution >= 4 is 28.6 Å². The second-order valence-electron chi connectivity index (χ2n) is 9.52. The molecule has 9 nitrogen and oxygen atoms in total. The topological polar surface area (TPSA) is 109 Å². The van der Waals surface area contributed by atoms with Crippen LogP contribution in [-0.4, -0.2) is 76.2 Å². The molecule has 12 heteroatoms. The Morgan fingerprint density at radius 3 is 2.56 bits per heavy atom. The molecule has 2 heterocycles. The number of ether oxygens (including phenoxy) is 1. The van der Waals surface area contributed by atoms with E-state index in [1.54, 1.807) is 7.05 Å². The van der Waals surface area contributed by atoms with Crippen LogP contribution in [0, 0.1) is 5.92 Å². The Labute approximate surface area is 206 Å². The first kappa shape index (κ1) is 26.2. The van der Waals surface area contributed by atoms with Gasteiger partial charge in [0, 0.05) is 31.6 Å². The van der Waals surface area contributed by atoms with Crippen molar-refractivity contribution in [1.29, 1.82) is 0 Å². The predicted octanol–water partition coefficient (Wildman–Crippen LogP) is 2.50. The number of rotatable bonds is 8. The summed E-state index contributed by atoms with van der Waals surface area (Å²) in [5.41, 5.74) is 0.282. The zero-order valence-electron chi connectivity index (χ0n) is 20.3. The SMILES string of the molecule is CCOC(=O)C1CCC(N2CC(NC(=O)CNc3nn(C)c4ccc(C(O)C(F)(F)F)cc34)C2)CC1. The van der Waals surface area contributed by atoms with Crippen molar-refractivity contribution in [1.82, 2.24) is 20.0 Å². The summed E-state index contributed by atoms with van der Waals surface area (Å²) in [7, 11) is 1.65. The van der Waals surface area contributed by atoms with Gasteiger partial charge in [0.2, 0.25) is 5.91 Å². The number of fused-ring (bicyclic) bond motifs is 1. The summed E-state index contributed by atoms with van der Waals surface area (Å²) in [5, 5.41) is 20.1. The number of hydrogen-bond donors (Lipinski definition) is 3. The van der Waals surface area contributed by atoms with Crippen molar-refractivity contribution in [3.8, 4) is 0 Å². The van der Waals surface area contributed by atoms with Crippen LogP contribution in [0.5, 0.6) is 0 Å². The van der Waals surface area contributed by atoms with E-state index in [0.29, 0.717) is 23.6 Å². The zero-order chi connectivity index (χ0) is 26.0. The van der Waals surface area contributed by atoms with Gasteiger partial charge in [0.1, 0.15) is 0 Å². The number of carbonyl (C=O) groups is 2. The van der Waals surface area contributed by atoms with Gasteiger partial charge in [-0.2, -0.15) is 18.3 Å². The average molecular weight is 512 g/mol. The molecule has 2 fully saturated rings. The van der Waals surface area contributed by atoms with E-state index in [2.05, 4.69) is 20.6 Å². The van der Waals surface area contributed by atoms with Crippen LogP contribution in [0.2, 0.25) is 0 Å². The van der Waals surface area contributed by atoms with Crippen LogP contribution in [0.25, 0.3) is 10.9 Å².